The topological polar surface area (TPSA) is 104 Å². The van der Waals surface area contributed by atoms with Gasteiger partial charge in [0, 0.05) is 41.3 Å². The average Bonchev–Trinajstić information content (AvgIpc) is 3.41. The fourth-order valence-corrected chi connectivity index (χ4v) is 5.67. The number of anilines is 1. The van der Waals surface area contributed by atoms with Crippen LogP contribution in [0.3, 0.4) is 0 Å². The summed E-state index contributed by atoms with van der Waals surface area (Å²) in [6, 6.07) is 12.2. The monoisotopic (exact) mass is 536 g/mol. The molecule has 192 valence electrons. The molecule has 0 bridgehead atoms. The lowest BCUT2D eigenvalue weighted by atomic mass is 10.00. The number of allylic oxidation sites excluding steroid dienone is 1. The number of fused-ring (bicyclic) bond motifs is 1. The molecule has 10 heteroatoms. The Hall–Kier alpha value is -2.88. The van der Waals surface area contributed by atoms with E-state index in [0.29, 0.717) is 21.7 Å². The highest BCUT2D eigenvalue weighted by molar-refractivity contribution is 6.42. The lowest BCUT2D eigenvalue weighted by molar-refractivity contribution is 0.343. The van der Waals surface area contributed by atoms with E-state index in [4.69, 9.17) is 39.0 Å². The van der Waals surface area contributed by atoms with E-state index >= 15 is 0 Å². The van der Waals surface area contributed by atoms with Gasteiger partial charge < -0.3 is 21.3 Å². The second-order valence-corrected chi connectivity index (χ2v) is 10.6. The maximum atomic E-state index is 6.80. The van der Waals surface area contributed by atoms with Gasteiger partial charge in [-0.05, 0) is 68.2 Å². The smallest absolute Gasteiger partial charge is 0.211 e. The first-order valence-corrected chi connectivity index (χ1v) is 13.4. The van der Waals surface area contributed by atoms with Crippen LogP contribution in [0.1, 0.15) is 41.1 Å². The Bertz CT molecular complexity index is 1370. The summed E-state index contributed by atoms with van der Waals surface area (Å²) in [4.78, 5) is 4.72. The molecule has 2 aromatic carbocycles. The van der Waals surface area contributed by atoms with Crippen LogP contribution in [0, 0.1) is 0 Å². The molecule has 3 aliphatic heterocycles. The summed E-state index contributed by atoms with van der Waals surface area (Å²) in [6.45, 7) is 3.86. The van der Waals surface area contributed by atoms with Crippen LogP contribution in [-0.2, 0) is 18.8 Å². The molecule has 37 heavy (non-hydrogen) atoms. The number of nitrogens with two attached hydrogens (primary N) is 1. The van der Waals surface area contributed by atoms with Crippen molar-refractivity contribution < 1.29 is 0 Å². The largest absolute Gasteiger partial charge is 0.341 e. The molecule has 1 saturated heterocycles. The van der Waals surface area contributed by atoms with Crippen molar-refractivity contribution >= 4 is 40.7 Å². The van der Waals surface area contributed by atoms with Gasteiger partial charge >= 0.3 is 0 Å². The molecule has 4 heterocycles. The van der Waals surface area contributed by atoms with E-state index in [-0.39, 0.29) is 0 Å². The van der Waals surface area contributed by atoms with Crippen molar-refractivity contribution in [3.8, 4) is 0 Å². The van der Waals surface area contributed by atoms with E-state index in [9.17, 15) is 0 Å². The molecule has 6 rings (SSSR count). The first-order valence-electron chi connectivity index (χ1n) is 12.7. The molecular formula is C27H30Cl2N8. The second kappa shape index (κ2) is 10.1. The van der Waals surface area contributed by atoms with Gasteiger partial charge in [-0.15, -0.1) is 0 Å². The molecule has 0 spiro atoms. The third-order valence-electron chi connectivity index (χ3n) is 7.30. The first kappa shape index (κ1) is 24.5. The fourth-order valence-electron chi connectivity index (χ4n) is 5.22. The SMILES string of the molecule is NC1(c2cccc(Cl)c2Cl)N=CC(c2cnn(C3CCNCC3)c2)=C(Nc2ccc3c(c2)CNCC3)N1. The summed E-state index contributed by atoms with van der Waals surface area (Å²) < 4.78 is 2.07. The van der Waals surface area contributed by atoms with Gasteiger partial charge in [0.25, 0.3) is 0 Å². The third kappa shape index (κ3) is 4.87. The number of aromatic nitrogens is 2. The van der Waals surface area contributed by atoms with Crippen molar-refractivity contribution in [3.05, 3.63) is 86.9 Å². The quantitative estimate of drug-likeness (QED) is 0.337. The van der Waals surface area contributed by atoms with Crippen molar-refractivity contribution in [2.75, 3.05) is 25.0 Å². The standard InChI is InChI=1S/C27H30Cl2N8/c28-24-3-1-2-23(25(24)29)27(30)33-15-22(19-14-34-37(16-19)21-7-10-31-11-8-21)26(36-27)35-20-5-4-17-6-9-32-13-18(17)12-20/h1-5,12,14-16,21,31-32,35-36H,6-11,13,30H2. The summed E-state index contributed by atoms with van der Waals surface area (Å²) in [7, 11) is 0. The fraction of sp³-hybridized carbons (Fsp3) is 0.333. The Morgan fingerprint density at radius 3 is 2.78 bits per heavy atom. The van der Waals surface area contributed by atoms with Crippen molar-refractivity contribution in [1.82, 2.24) is 25.7 Å². The third-order valence-corrected chi connectivity index (χ3v) is 8.12. The zero-order valence-corrected chi connectivity index (χ0v) is 21.9. The van der Waals surface area contributed by atoms with E-state index in [1.807, 2.05) is 18.3 Å². The minimum Gasteiger partial charge on any atom is -0.341 e. The van der Waals surface area contributed by atoms with Crippen molar-refractivity contribution in [2.24, 2.45) is 10.7 Å². The zero-order valence-electron chi connectivity index (χ0n) is 20.4. The molecule has 3 aromatic rings. The van der Waals surface area contributed by atoms with Gasteiger partial charge in [0.2, 0.25) is 5.79 Å². The Labute approximate surface area is 226 Å². The molecule has 1 atom stereocenters. The predicted molar refractivity (Wildman–Crippen MR) is 150 cm³/mol. The van der Waals surface area contributed by atoms with E-state index in [1.165, 1.54) is 11.1 Å². The van der Waals surface area contributed by atoms with Crippen molar-refractivity contribution in [2.45, 2.75) is 37.6 Å². The van der Waals surface area contributed by atoms with Gasteiger partial charge in [0.1, 0.15) is 5.82 Å². The van der Waals surface area contributed by atoms with Crippen LogP contribution in [-0.4, -0.2) is 35.6 Å². The molecule has 0 radical (unpaired) electrons. The highest BCUT2D eigenvalue weighted by atomic mass is 35.5. The van der Waals surface area contributed by atoms with Crippen molar-refractivity contribution in [1.29, 1.82) is 0 Å². The Kier molecular flexibility index (Phi) is 6.69. The van der Waals surface area contributed by atoms with Crippen LogP contribution in [0.5, 0.6) is 0 Å². The lowest BCUT2D eigenvalue weighted by Crippen LogP contribution is -2.52. The molecule has 1 aromatic heterocycles. The molecule has 3 aliphatic rings. The van der Waals surface area contributed by atoms with Gasteiger partial charge in [-0.3, -0.25) is 10.4 Å². The summed E-state index contributed by atoms with van der Waals surface area (Å²) >= 11 is 12.9. The van der Waals surface area contributed by atoms with Crippen molar-refractivity contribution in [3.63, 3.8) is 0 Å². The maximum Gasteiger partial charge on any atom is 0.211 e. The zero-order chi connectivity index (χ0) is 25.4. The minimum absolute atomic E-state index is 0.373. The van der Waals surface area contributed by atoms with Crippen LogP contribution in [0.25, 0.3) is 5.57 Å². The maximum absolute atomic E-state index is 6.80. The average molecular weight is 537 g/mol. The summed E-state index contributed by atoms with van der Waals surface area (Å²) in [5.41, 5.74) is 12.8. The second-order valence-electron chi connectivity index (χ2n) is 9.77. The molecule has 6 N–H and O–H groups in total. The molecule has 0 saturated carbocycles. The Balaban J connectivity index is 1.38. The van der Waals surface area contributed by atoms with Crippen LogP contribution >= 0.6 is 23.2 Å². The number of nitrogens with zero attached hydrogens (tertiary/aromatic N) is 3. The minimum atomic E-state index is -1.30. The number of hydrogen-bond donors (Lipinski definition) is 5. The number of aliphatic imine (C=N–C) groups is 1. The highest BCUT2D eigenvalue weighted by Crippen LogP contribution is 2.35. The van der Waals surface area contributed by atoms with E-state index in [2.05, 4.69) is 50.3 Å². The van der Waals surface area contributed by atoms with Crippen LogP contribution < -0.4 is 27.0 Å². The van der Waals surface area contributed by atoms with Gasteiger partial charge in [-0.2, -0.15) is 5.10 Å². The summed E-state index contributed by atoms with van der Waals surface area (Å²) in [5.74, 6) is -0.573. The molecular weight excluding hydrogens is 507 g/mol. The van der Waals surface area contributed by atoms with Gasteiger partial charge in [-0.25, -0.2) is 4.99 Å². The van der Waals surface area contributed by atoms with Crippen LogP contribution in [0.2, 0.25) is 10.0 Å². The van der Waals surface area contributed by atoms with Crippen LogP contribution in [0.15, 0.2) is 59.6 Å². The lowest BCUT2D eigenvalue weighted by Gasteiger charge is -2.34. The number of nitrogens with one attached hydrogen (secondary N) is 4. The highest BCUT2D eigenvalue weighted by Gasteiger charge is 2.34. The number of benzene rings is 2. The van der Waals surface area contributed by atoms with E-state index in [1.54, 1.807) is 12.3 Å². The van der Waals surface area contributed by atoms with Gasteiger partial charge in [-0.1, -0.05) is 41.4 Å². The molecule has 0 aliphatic carbocycles. The molecule has 8 nitrogen and oxygen atoms in total. The molecule has 0 amide bonds. The summed E-state index contributed by atoms with van der Waals surface area (Å²) in [6.07, 6.45) is 8.91. The predicted octanol–water partition coefficient (Wildman–Crippen LogP) is 3.98. The molecule has 1 unspecified atom stereocenters. The number of halogens is 2. The summed E-state index contributed by atoms with van der Waals surface area (Å²) in [5, 5.41) is 19.4. The number of piperidine rings is 1. The van der Waals surface area contributed by atoms with Gasteiger partial charge in [0.15, 0.2) is 0 Å². The molecule has 1 fully saturated rings. The first-order chi connectivity index (χ1) is 18.0. The number of rotatable bonds is 5. The van der Waals surface area contributed by atoms with E-state index in [0.717, 1.165) is 68.1 Å². The van der Waals surface area contributed by atoms with Crippen LogP contribution in [0.4, 0.5) is 5.69 Å². The van der Waals surface area contributed by atoms with E-state index < -0.39 is 5.79 Å². The number of hydrogen-bond acceptors (Lipinski definition) is 7. The van der Waals surface area contributed by atoms with Gasteiger partial charge in [0.05, 0.1) is 22.3 Å². The Morgan fingerprint density at radius 2 is 1.92 bits per heavy atom. The Morgan fingerprint density at radius 1 is 1.05 bits per heavy atom. The normalized spacial score (nSPS) is 22.0.